The molecule has 0 amide bonds. The summed E-state index contributed by atoms with van der Waals surface area (Å²) >= 11 is 0. The first-order valence-corrected chi connectivity index (χ1v) is 19.9. The highest BCUT2D eigenvalue weighted by Crippen LogP contribution is 2.45. The van der Waals surface area contributed by atoms with Crippen LogP contribution in [0.4, 0.5) is 34.1 Å². The smallest absolute Gasteiger partial charge is 0.138 e. The van der Waals surface area contributed by atoms with E-state index in [1.54, 1.807) is 0 Å². The van der Waals surface area contributed by atoms with E-state index in [4.69, 9.17) is 4.98 Å². The Kier molecular flexibility index (Phi) is 8.89. The van der Waals surface area contributed by atoms with Gasteiger partial charge < -0.3 is 14.7 Å². The molecular weight excluding hydrogens is 683 g/mol. The van der Waals surface area contributed by atoms with E-state index in [2.05, 4.69) is 207 Å². The van der Waals surface area contributed by atoms with Crippen LogP contribution in [0.3, 0.4) is 0 Å². The normalized spacial score (nSPS) is 12.7. The fourth-order valence-electron chi connectivity index (χ4n) is 8.89. The SMILES string of the molecule is Cc1cccc(C)c1N(c1cccc(N2CN(C)c3ccccc32)c1)c1ccc2c3ccccc3n(-c3cc(-c4c(C(C)C)cccc4C(C)C)ccn3)c2c1. The molecule has 278 valence electrons. The van der Waals surface area contributed by atoms with Crippen molar-refractivity contribution in [2.75, 3.05) is 28.4 Å². The molecule has 0 spiro atoms. The lowest BCUT2D eigenvalue weighted by Gasteiger charge is -2.30. The Hall–Kier alpha value is -6.33. The molecule has 0 atom stereocenters. The minimum absolute atomic E-state index is 0.395. The maximum atomic E-state index is 5.10. The van der Waals surface area contributed by atoms with Crippen molar-refractivity contribution in [3.05, 3.63) is 168 Å². The largest absolute Gasteiger partial charge is 0.355 e. The maximum Gasteiger partial charge on any atom is 0.138 e. The number of benzene rings is 6. The van der Waals surface area contributed by atoms with Gasteiger partial charge in [0.05, 0.1) is 34.8 Å². The third-order valence-corrected chi connectivity index (χ3v) is 11.6. The van der Waals surface area contributed by atoms with Crippen molar-refractivity contribution in [1.29, 1.82) is 0 Å². The van der Waals surface area contributed by atoms with Gasteiger partial charge in [-0.15, -0.1) is 0 Å². The van der Waals surface area contributed by atoms with Gasteiger partial charge in [0.25, 0.3) is 0 Å². The average Bonchev–Trinajstić information content (AvgIpc) is 3.73. The summed E-state index contributed by atoms with van der Waals surface area (Å²) < 4.78 is 2.36. The number of hydrogen-bond donors (Lipinski definition) is 0. The second-order valence-corrected chi connectivity index (χ2v) is 15.9. The third-order valence-electron chi connectivity index (χ3n) is 11.6. The minimum Gasteiger partial charge on any atom is -0.355 e. The van der Waals surface area contributed by atoms with Gasteiger partial charge >= 0.3 is 0 Å². The van der Waals surface area contributed by atoms with Crippen LogP contribution in [0.5, 0.6) is 0 Å². The van der Waals surface area contributed by atoms with Crippen molar-refractivity contribution in [3.63, 3.8) is 0 Å². The van der Waals surface area contributed by atoms with E-state index in [1.165, 1.54) is 61.2 Å². The van der Waals surface area contributed by atoms with E-state index >= 15 is 0 Å². The van der Waals surface area contributed by atoms with Crippen LogP contribution in [0, 0.1) is 13.8 Å². The molecule has 0 bridgehead atoms. The third kappa shape index (κ3) is 5.90. The summed E-state index contributed by atoms with van der Waals surface area (Å²) in [7, 11) is 2.16. The van der Waals surface area contributed by atoms with Gasteiger partial charge in [-0.3, -0.25) is 4.57 Å². The summed E-state index contributed by atoms with van der Waals surface area (Å²) in [5, 5.41) is 2.41. The van der Waals surface area contributed by atoms with Gasteiger partial charge in [0, 0.05) is 41.1 Å². The van der Waals surface area contributed by atoms with Gasteiger partial charge in [0.1, 0.15) is 5.82 Å². The van der Waals surface area contributed by atoms with E-state index in [-0.39, 0.29) is 0 Å². The number of fused-ring (bicyclic) bond motifs is 4. The molecular formula is C51H49N5. The van der Waals surface area contributed by atoms with Gasteiger partial charge in [-0.25, -0.2) is 4.98 Å². The van der Waals surface area contributed by atoms with Gasteiger partial charge in [-0.05, 0) is 120 Å². The first-order valence-electron chi connectivity index (χ1n) is 19.9. The van der Waals surface area contributed by atoms with Gasteiger partial charge in [0.15, 0.2) is 0 Å². The van der Waals surface area contributed by atoms with E-state index < -0.39 is 0 Å². The minimum atomic E-state index is 0.395. The standard InChI is InChI=1S/C51H49N5/c1-33(2)41-20-14-21-42(34(3)4)50(41)37-27-28-52-49(29-37)56-45-22-9-8-19-43(45)44-26-25-40(31-48(44)56)55(51-35(5)15-12-16-36(51)6)39-18-13-17-38(30-39)54-32-53(7)46-23-10-11-24-47(46)54/h8-31,33-34H,32H2,1-7H3. The molecule has 0 radical (unpaired) electrons. The van der Waals surface area contributed by atoms with Crippen LogP contribution in [0.2, 0.25) is 0 Å². The van der Waals surface area contributed by atoms with E-state index in [1.807, 2.05) is 6.20 Å². The van der Waals surface area contributed by atoms with Crippen molar-refractivity contribution < 1.29 is 0 Å². The zero-order valence-electron chi connectivity index (χ0n) is 33.5. The number of rotatable bonds is 8. The Bertz CT molecular complexity index is 2710. The summed E-state index contributed by atoms with van der Waals surface area (Å²) in [4.78, 5) is 12.3. The van der Waals surface area contributed by atoms with Crippen LogP contribution in [0.1, 0.15) is 61.8 Å². The van der Waals surface area contributed by atoms with Crippen molar-refractivity contribution in [2.45, 2.75) is 53.4 Å². The quantitative estimate of drug-likeness (QED) is 0.156. The van der Waals surface area contributed by atoms with Crippen LogP contribution in [0.25, 0.3) is 38.8 Å². The molecule has 0 fully saturated rings. The number of aromatic nitrogens is 2. The lowest BCUT2D eigenvalue weighted by atomic mass is 9.85. The van der Waals surface area contributed by atoms with E-state index in [9.17, 15) is 0 Å². The molecule has 5 nitrogen and oxygen atoms in total. The molecule has 0 saturated heterocycles. The topological polar surface area (TPSA) is 27.5 Å². The fourth-order valence-corrected chi connectivity index (χ4v) is 8.89. The Morgan fingerprint density at radius 2 is 1.23 bits per heavy atom. The molecule has 0 aliphatic carbocycles. The average molecular weight is 732 g/mol. The summed E-state index contributed by atoms with van der Waals surface area (Å²) in [6.07, 6.45) is 1.98. The van der Waals surface area contributed by atoms with Crippen molar-refractivity contribution >= 4 is 55.9 Å². The van der Waals surface area contributed by atoms with Crippen LogP contribution >= 0.6 is 0 Å². The molecule has 9 rings (SSSR count). The number of para-hydroxylation sites is 4. The lowest BCUT2D eigenvalue weighted by Crippen LogP contribution is -2.24. The number of nitrogens with zero attached hydrogens (tertiary/aromatic N) is 5. The first kappa shape index (κ1) is 35.4. The van der Waals surface area contributed by atoms with Crippen LogP contribution in [0.15, 0.2) is 146 Å². The predicted octanol–water partition coefficient (Wildman–Crippen LogP) is 13.7. The fraction of sp³-hybridized carbons (Fsp3) is 0.196. The lowest BCUT2D eigenvalue weighted by molar-refractivity contribution is 0.838. The molecule has 0 saturated carbocycles. The van der Waals surface area contributed by atoms with Crippen LogP contribution in [-0.2, 0) is 0 Å². The molecule has 1 aliphatic heterocycles. The summed E-state index contributed by atoms with van der Waals surface area (Å²) in [5.74, 6) is 1.70. The maximum absolute atomic E-state index is 5.10. The number of aryl methyl sites for hydroxylation is 2. The van der Waals surface area contributed by atoms with Crippen LogP contribution in [-0.4, -0.2) is 23.3 Å². The molecule has 0 N–H and O–H groups in total. The first-order chi connectivity index (χ1) is 27.2. The van der Waals surface area contributed by atoms with Crippen LogP contribution < -0.4 is 14.7 Å². The second kappa shape index (κ2) is 14.1. The molecule has 1 aliphatic rings. The van der Waals surface area contributed by atoms with Gasteiger partial charge in [0.2, 0.25) is 0 Å². The summed E-state index contributed by atoms with van der Waals surface area (Å²) in [5.41, 5.74) is 17.0. The zero-order chi connectivity index (χ0) is 38.7. The Morgan fingerprint density at radius 1 is 0.589 bits per heavy atom. The number of hydrogen-bond acceptors (Lipinski definition) is 4. The Labute approximate surface area is 331 Å². The molecule has 2 aromatic heterocycles. The molecule has 8 aromatic rings. The highest BCUT2D eigenvalue weighted by Gasteiger charge is 2.26. The van der Waals surface area contributed by atoms with Gasteiger partial charge in [-0.2, -0.15) is 0 Å². The van der Waals surface area contributed by atoms with Crippen molar-refractivity contribution in [2.24, 2.45) is 0 Å². The Morgan fingerprint density at radius 3 is 1.98 bits per heavy atom. The van der Waals surface area contributed by atoms with E-state index in [0.717, 1.165) is 40.6 Å². The molecule has 0 unspecified atom stereocenters. The highest BCUT2D eigenvalue weighted by atomic mass is 15.4. The van der Waals surface area contributed by atoms with E-state index in [0.29, 0.717) is 11.8 Å². The molecule has 6 aromatic carbocycles. The van der Waals surface area contributed by atoms with Gasteiger partial charge in [-0.1, -0.05) is 107 Å². The molecule has 3 heterocycles. The summed E-state index contributed by atoms with van der Waals surface area (Å²) in [6, 6.07) is 51.2. The molecule has 56 heavy (non-hydrogen) atoms. The highest BCUT2D eigenvalue weighted by molar-refractivity contribution is 6.10. The van der Waals surface area contributed by atoms with Crippen molar-refractivity contribution in [1.82, 2.24) is 9.55 Å². The number of anilines is 6. The summed E-state index contributed by atoms with van der Waals surface area (Å²) in [6.45, 7) is 14.4. The van der Waals surface area contributed by atoms with Crippen molar-refractivity contribution in [3.8, 4) is 16.9 Å². The monoisotopic (exact) mass is 731 g/mol. The Balaban J connectivity index is 1.25. The predicted molar refractivity (Wildman–Crippen MR) is 238 cm³/mol. The zero-order valence-corrected chi connectivity index (χ0v) is 33.5. The molecule has 5 heteroatoms. The number of pyridine rings is 1. The second-order valence-electron chi connectivity index (χ2n) is 15.9.